The lowest BCUT2D eigenvalue weighted by Gasteiger charge is -2.08. The smallest absolute Gasteiger partial charge is 0.0626 e. The maximum absolute atomic E-state index is 8.73. The highest BCUT2D eigenvalue weighted by molar-refractivity contribution is 7.13. The van der Waals surface area contributed by atoms with Crippen molar-refractivity contribution >= 4 is 23.2 Å². The molecule has 0 aliphatic rings. The molecule has 1 heterocycles. The SMILES string of the molecule is Cc1cc(-c2cccs2)cc(C=NCCO)c1N. The van der Waals surface area contributed by atoms with E-state index in [0.29, 0.717) is 6.54 Å². The molecule has 3 nitrogen and oxygen atoms in total. The molecule has 2 aromatic rings. The van der Waals surface area contributed by atoms with Crippen molar-refractivity contribution in [3.63, 3.8) is 0 Å². The predicted octanol–water partition coefficient (Wildman–Crippen LogP) is 2.72. The second kappa shape index (κ2) is 5.80. The summed E-state index contributed by atoms with van der Waals surface area (Å²) in [7, 11) is 0. The zero-order chi connectivity index (χ0) is 13.0. The molecule has 0 spiro atoms. The van der Waals surface area contributed by atoms with Crippen molar-refractivity contribution in [3.05, 3.63) is 40.8 Å². The average molecular weight is 260 g/mol. The molecule has 0 bridgehead atoms. The van der Waals surface area contributed by atoms with Gasteiger partial charge in [-0.05, 0) is 41.6 Å². The fourth-order valence-electron chi connectivity index (χ4n) is 1.74. The van der Waals surface area contributed by atoms with E-state index in [1.54, 1.807) is 17.6 Å². The molecule has 0 atom stereocenters. The van der Waals surface area contributed by atoms with E-state index in [-0.39, 0.29) is 6.61 Å². The molecule has 2 rings (SSSR count). The summed E-state index contributed by atoms with van der Waals surface area (Å²) in [6.45, 7) is 2.46. The van der Waals surface area contributed by atoms with Crippen LogP contribution in [0.4, 0.5) is 5.69 Å². The lowest BCUT2D eigenvalue weighted by Crippen LogP contribution is -1.98. The van der Waals surface area contributed by atoms with Gasteiger partial charge in [0.15, 0.2) is 0 Å². The molecular formula is C14H16N2OS. The molecule has 0 saturated carbocycles. The minimum atomic E-state index is 0.0556. The van der Waals surface area contributed by atoms with Crippen LogP contribution in [0.3, 0.4) is 0 Å². The average Bonchev–Trinajstić information content (AvgIpc) is 2.88. The molecule has 1 aromatic carbocycles. The molecule has 1 aromatic heterocycles. The number of nitrogen functional groups attached to an aromatic ring is 1. The molecule has 0 amide bonds. The highest BCUT2D eigenvalue weighted by Gasteiger charge is 2.06. The first kappa shape index (κ1) is 12.8. The van der Waals surface area contributed by atoms with Gasteiger partial charge in [-0.1, -0.05) is 6.07 Å². The van der Waals surface area contributed by atoms with Crippen molar-refractivity contribution in [1.29, 1.82) is 0 Å². The van der Waals surface area contributed by atoms with Crippen LogP contribution in [0.2, 0.25) is 0 Å². The monoisotopic (exact) mass is 260 g/mol. The van der Waals surface area contributed by atoms with Gasteiger partial charge in [0.25, 0.3) is 0 Å². The van der Waals surface area contributed by atoms with Gasteiger partial charge >= 0.3 is 0 Å². The van der Waals surface area contributed by atoms with Crippen molar-refractivity contribution in [2.24, 2.45) is 4.99 Å². The lowest BCUT2D eigenvalue weighted by atomic mass is 10.0. The summed E-state index contributed by atoms with van der Waals surface area (Å²) < 4.78 is 0. The van der Waals surface area contributed by atoms with Gasteiger partial charge in [0, 0.05) is 22.3 Å². The van der Waals surface area contributed by atoms with Crippen molar-refractivity contribution in [2.45, 2.75) is 6.92 Å². The van der Waals surface area contributed by atoms with Crippen LogP contribution in [0.25, 0.3) is 10.4 Å². The first-order chi connectivity index (χ1) is 8.72. The number of anilines is 1. The number of thiophene rings is 1. The summed E-state index contributed by atoms with van der Waals surface area (Å²) in [5, 5.41) is 10.8. The van der Waals surface area contributed by atoms with Crippen LogP contribution in [-0.2, 0) is 0 Å². The standard InChI is InChI=1S/C14H16N2OS/c1-10-7-11(13-3-2-6-18-13)8-12(14(10)15)9-16-4-5-17/h2-3,6-9,17H,4-5,15H2,1H3. The zero-order valence-electron chi connectivity index (χ0n) is 10.3. The molecule has 0 unspecified atom stereocenters. The lowest BCUT2D eigenvalue weighted by molar-refractivity contribution is 0.307. The van der Waals surface area contributed by atoms with Gasteiger partial charge in [-0.15, -0.1) is 11.3 Å². The number of aliphatic imine (C=N–C) groups is 1. The Morgan fingerprint density at radius 3 is 2.94 bits per heavy atom. The van der Waals surface area contributed by atoms with Crippen LogP contribution in [0.5, 0.6) is 0 Å². The molecule has 0 fully saturated rings. The number of aliphatic hydroxyl groups is 1. The first-order valence-electron chi connectivity index (χ1n) is 5.77. The maximum atomic E-state index is 8.73. The summed E-state index contributed by atoms with van der Waals surface area (Å²) in [6.07, 6.45) is 1.73. The highest BCUT2D eigenvalue weighted by Crippen LogP contribution is 2.29. The van der Waals surface area contributed by atoms with Crippen LogP contribution in [0.1, 0.15) is 11.1 Å². The minimum Gasteiger partial charge on any atom is -0.398 e. The normalized spacial score (nSPS) is 11.2. The van der Waals surface area contributed by atoms with E-state index in [0.717, 1.165) is 22.4 Å². The molecule has 18 heavy (non-hydrogen) atoms. The van der Waals surface area contributed by atoms with Gasteiger partial charge in [0.2, 0.25) is 0 Å². The topological polar surface area (TPSA) is 58.6 Å². The van der Waals surface area contributed by atoms with Crippen LogP contribution in [-0.4, -0.2) is 24.5 Å². The number of rotatable bonds is 4. The summed E-state index contributed by atoms with van der Waals surface area (Å²) in [4.78, 5) is 5.35. The van der Waals surface area contributed by atoms with Gasteiger partial charge < -0.3 is 10.8 Å². The molecule has 94 valence electrons. The van der Waals surface area contributed by atoms with E-state index in [1.165, 1.54) is 4.88 Å². The van der Waals surface area contributed by atoms with Gasteiger partial charge in [0.1, 0.15) is 0 Å². The number of hydrogen-bond acceptors (Lipinski definition) is 4. The van der Waals surface area contributed by atoms with Crippen molar-refractivity contribution < 1.29 is 5.11 Å². The summed E-state index contributed by atoms with van der Waals surface area (Å²) in [5.74, 6) is 0. The van der Waals surface area contributed by atoms with Gasteiger partial charge in [0.05, 0.1) is 13.2 Å². The summed E-state index contributed by atoms with van der Waals surface area (Å²) >= 11 is 1.70. The first-order valence-corrected chi connectivity index (χ1v) is 6.65. The Kier molecular flexibility index (Phi) is 4.12. The summed E-state index contributed by atoms with van der Waals surface area (Å²) in [6, 6.07) is 8.25. The molecule has 0 aliphatic carbocycles. The van der Waals surface area contributed by atoms with E-state index >= 15 is 0 Å². The molecule has 4 heteroatoms. The molecular weight excluding hydrogens is 244 g/mol. The second-order valence-corrected chi connectivity index (χ2v) is 4.98. The quantitative estimate of drug-likeness (QED) is 0.656. The van der Waals surface area contributed by atoms with E-state index < -0.39 is 0 Å². The van der Waals surface area contributed by atoms with Gasteiger partial charge in [-0.3, -0.25) is 4.99 Å². The van der Waals surface area contributed by atoms with Crippen LogP contribution < -0.4 is 5.73 Å². The third kappa shape index (κ3) is 2.78. The van der Waals surface area contributed by atoms with E-state index in [9.17, 15) is 0 Å². The number of nitrogens with zero attached hydrogens (tertiary/aromatic N) is 1. The molecule has 0 radical (unpaired) electrons. The highest BCUT2D eigenvalue weighted by atomic mass is 32.1. The number of hydrogen-bond donors (Lipinski definition) is 2. The number of nitrogens with two attached hydrogens (primary N) is 1. The van der Waals surface area contributed by atoms with Crippen LogP contribution >= 0.6 is 11.3 Å². The van der Waals surface area contributed by atoms with Crippen molar-refractivity contribution in [3.8, 4) is 10.4 Å². The fourth-order valence-corrected chi connectivity index (χ4v) is 2.45. The number of aliphatic hydroxyl groups excluding tert-OH is 1. The van der Waals surface area contributed by atoms with Gasteiger partial charge in [-0.25, -0.2) is 0 Å². The largest absolute Gasteiger partial charge is 0.398 e. The zero-order valence-corrected chi connectivity index (χ0v) is 11.1. The molecule has 0 aliphatic heterocycles. The molecule has 3 N–H and O–H groups in total. The van der Waals surface area contributed by atoms with E-state index in [1.807, 2.05) is 19.1 Å². The van der Waals surface area contributed by atoms with Crippen LogP contribution in [0, 0.1) is 6.92 Å². The third-order valence-electron chi connectivity index (χ3n) is 2.68. The molecule has 0 saturated heterocycles. The third-order valence-corrected chi connectivity index (χ3v) is 3.60. The Morgan fingerprint density at radius 1 is 1.44 bits per heavy atom. The maximum Gasteiger partial charge on any atom is 0.0626 e. The van der Waals surface area contributed by atoms with E-state index in [4.69, 9.17) is 10.8 Å². The second-order valence-electron chi connectivity index (χ2n) is 4.03. The Labute approximate surface area is 111 Å². The van der Waals surface area contributed by atoms with Gasteiger partial charge in [-0.2, -0.15) is 0 Å². The Hall–Kier alpha value is -1.65. The number of benzene rings is 1. The number of aryl methyl sites for hydroxylation is 1. The van der Waals surface area contributed by atoms with Crippen molar-refractivity contribution in [1.82, 2.24) is 0 Å². The fraction of sp³-hybridized carbons (Fsp3) is 0.214. The Morgan fingerprint density at radius 2 is 2.28 bits per heavy atom. The van der Waals surface area contributed by atoms with E-state index in [2.05, 4.69) is 22.5 Å². The van der Waals surface area contributed by atoms with Crippen molar-refractivity contribution in [2.75, 3.05) is 18.9 Å². The van der Waals surface area contributed by atoms with Crippen LogP contribution in [0.15, 0.2) is 34.6 Å². The Balaban J connectivity index is 2.40. The Bertz CT molecular complexity index is 547. The predicted molar refractivity (Wildman–Crippen MR) is 78.5 cm³/mol. The minimum absolute atomic E-state index is 0.0556. The summed E-state index contributed by atoms with van der Waals surface area (Å²) in [5.41, 5.74) is 9.90.